The van der Waals surface area contributed by atoms with Crippen molar-refractivity contribution in [2.45, 2.75) is 78.4 Å². The minimum absolute atomic E-state index is 0.0129. The van der Waals surface area contributed by atoms with Crippen LogP contribution in [0.1, 0.15) is 65.2 Å². The number of hydrogen-bond acceptors (Lipinski definition) is 4. The molecule has 0 spiro atoms. The number of amides is 1. The Balaban J connectivity index is 2.37. The van der Waals surface area contributed by atoms with Crippen molar-refractivity contribution in [2.24, 2.45) is 0 Å². The fourth-order valence-corrected chi connectivity index (χ4v) is 2.93. The first-order chi connectivity index (χ1) is 13.9. The zero-order chi connectivity index (χ0) is 23.8. The number of alkyl halides is 3. The van der Waals surface area contributed by atoms with Crippen LogP contribution >= 0.6 is 0 Å². The van der Waals surface area contributed by atoms with Crippen molar-refractivity contribution in [3.05, 3.63) is 40.4 Å². The molecule has 1 N–H and O–H groups in total. The van der Waals surface area contributed by atoms with E-state index >= 15 is 0 Å². The van der Waals surface area contributed by atoms with Crippen molar-refractivity contribution in [3.8, 4) is 0 Å². The molecule has 0 radical (unpaired) electrons. The van der Waals surface area contributed by atoms with Gasteiger partial charge in [0, 0.05) is 6.54 Å². The molecule has 0 atom stereocenters. The Labute approximate surface area is 182 Å². The highest BCUT2D eigenvalue weighted by Crippen LogP contribution is 2.39. The molecule has 0 saturated carbocycles. The predicted molar refractivity (Wildman–Crippen MR) is 114 cm³/mol. The molecule has 0 bridgehead atoms. The average molecular weight is 441 g/mol. The second-order valence-electron chi connectivity index (χ2n) is 9.74. The summed E-state index contributed by atoms with van der Waals surface area (Å²) in [6.45, 7) is 14.1. The third-order valence-electron chi connectivity index (χ3n) is 5.31. The van der Waals surface area contributed by atoms with Crippen molar-refractivity contribution < 1.29 is 32.0 Å². The van der Waals surface area contributed by atoms with Gasteiger partial charge in [0.25, 0.3) is 0 Å². The summed E-state index contributed by atoms with van der Waals surface area (Å²) in [6, 6.07) is 4.08. The zero-order valence-electron chi connectivity index (χ0n) is 19.4. The Kier molecular flexibility index (Phi) is 6.93. The summed E-state index contributed by atoms with van der Waals surface area (Å²) in [5.41, 5.74) is -1.75. The highest BCUT2D eigenvalue weighted by molar-refractivity contribution is 6.56. The van der Waals surface area contributed by atoms with Crippen LogP contribution in [0.3, 0.4) is 0 Å². The van der Waals surface area contributed by atoms with Crippen molar-refractivity contribution in [1.29, 1.82) is 0 Å². The molecule has 1 aliphatic heterocycles. The van der Waals surface area contributed by atoms with Crippen LogP contribution in [0.4, 0.5) is 18.0 Å². The molecule has 0 unspecified atom stereocenters. The van der Waals surface area contributed by atoms with E-state index in [1.165, 1.54) is 13.0 Å². The minimum atomic E-state index is -4.47. The lowest BCUT2D eigenvalue weighted by molar-refractivity contribution is -0.138. The molecule has 1 aromatic rings. The number of carbonyl (C=O) groups is 1. The SMILES string of the molecule is Cc1ccc(C=C(CNC(=O)OC(C)(C)C)B2OC(C)(C)C(C)(C)O2)cc1C(F)(F)F. The smallest absolute Gasteiger partial charge is 0.444 e. The van der Waals surface area contributed by atoms with E-state index in [2.05, 4.69) is 5.32 Å². The molecule has 31 heavy (non-hydrogen) atoms. The number of carbonyl (C=O) groups excluding carboxylic acids is 1. The first-order valence-corrected chi connectivity index (χ1v) is 10.1. The second kappa shape index (κ2) is 8.50. The summed E-state index contributed by atoms with van der Waals surface area (Å²) in [4.78, 5) is 12.1. The largest absolute Gasteiger partial charge is 0.492 e. The number of aryl methyl sites for hydroxylation is 1. The standard InChI is InChI=1S/C22H31BF3NO4/c1-14-9-10-15(12-17(14)22(24,25)26)11-16(13-27-18(28)29-19(2,3)4)23-30-20(5,6)21(7,8)31-23/h9-12H,13H2,1-8H3,(H,27,28). The van der Waals surface area contributed by atoms with Gasteiger partial charge in [-0.1, -0.05) is 18.2 Å². The van der Waals surface area contributed by atoms with E-state index in [1.807, 2.05) is 27.7 Å². The van der Waals surface area contributed by atoms with E-state index in [-0.39, 0.29) is 12.1 Å². The number of ether oxygens (including phenoxy) is 1. The van der Waals surface area contributed by atoms with Gasteiger partial charge in [0.2, 0.25) is 0 Å². The van der Waals surface area contributed by atoms with Gasteiger partial charge in [0.15, 0.2) is 0 Å². The van der Waals surface area contributed by atoms with Crippen molar-refractivity contribution in [3.63, 3.8) is 0 Å². The number of alkyl carbamates (subject to hydrolysis) is 1. The molecule has 0 aliphatic carbocycles. The molecule has 1 saturated heterocycles. The fraction of sp³-hybridized carbons (Fsp3) is 0.591. The fourth-order valence-electron chi connectivity index (χ4n) is 2.93. The molecule has 1 fully saturated rings. The number of hydrogen-bond donors (Lipinski definition) is 1. The Morgan fingerprint density at radius 1 is 1.13 bits per heavy atom. The van der Waals surface area contributed by atoms with Gasteiger partial charge in [0.05, 0.1) is 16.8 Å². The van der Waals surface area contributed by atoms with Crippen LogP contribution in [-0.2, 0) is 20.2 Å². The summed E-state index contributed by atoms with van der Waals surface area (Å²) in [5.74, 6) is 0. The van der Waals surface area contributed by atoms with Crippen LogP contribution in [0, 0.1) is 6.92 Å². The molecule has 1 amide bonds. The lowest BCUT2D eigenvalue weighted by atomic mass is 9.77. The van der Waals surface area contributed by atoms with E-state index < -0.39 is 41.8 Å². The van der Waals surface area contributed by atoms with Crippen LogP contribution < -0.4 is 5.32 Å². The van der Waals surface area contributed by atoms with Crippen LogP contribution in [0.2, 0.25) is 0 Å². The molecular weight excluding hydrogens is 410 g/mol. The van der Waals surface area contributed by atoms with Gasteiger partial charge in [-0.05, 0) is 78.1 Å². The lowest BCUT2D eigenvalue weighted by Gasteiger charge is -2.32. The van der Waals surface area contributed by atoms with E-state index in [1.54, 1.807) is 32.9 Å². The van der Waals surface area contributed by atoms with Gasteiger partial charge < -0.3 is 19.4 Å². The maximum absolute atomic E-state index is 13.3. The Hall–Kier alpha value is -2.00. The summed E-state index contributed by atoms with van der Waals surface area (Å²) >= 11 is 0. The monoisotopic (exact) mass is 441 g/mol. The Morgan fingerprint density at radius 3 is 2.16 bits per heavy atom. The maximum Gasteiger partial charge on any atom is 0.492 e. The first-order valence-electron chi connectivity index (χ1n) is 10.1. The quantitative estimate of drug-likeness (QED) is 0.623. The van der Waals surface area contributed by atoms with Crippen molar-refractivity contribution in [1.82, 2.24) is 5.32 Å². The molecule has 1 aliphatic rings. The summed E-state index contributed by atoms with van der Waals surface area (Å²) in [5, 5.41) is 2.64. The summed E-state index contributed by atoms with van der Waals surface area (Å²) in [6.07, 6.45) is -3.56. The zero-order valence-corrected chi connectivity index (χ0v) is 19.4. The van der Waals surface area contributed by atoms with Gasteiger partial charge in [0.1, 0.15) is 5.60 Å². The number of benzene rings is 1. The van der Waals surface area contributed by atoms with Gasteiger partial charge >= 0.3 is 19.4 Å². The van der Waals surface area contributed by atoms with E-state index in [4.69, 9.17) is 14.0 Å². The van der Waals surface area contributed by atoms with E-state index in [0.717, 1.165) is 6.07 Å². The molecule has 5 nitrogen and oxygen atoms in total. The van der Waals surface area contributed by atoms with Gasteiger partial charge in [-0.15, -0.1) is 0 Å². The Bertz CT molecular complexity index is 841. The molecule has 0 aromatic heterocycles. The minimum Gasteiger partial charge on any atom is -0.444 e. The number of nitrogens with one attached hydrogen (secondary N) is 1. The Morgan fingerprint density at radius 2 is 1.68 bits per heavy atom. The normalized spacial score (nSPS) is 18.8. The number of rotatable bonds is 4. The van der Waals surface area contributed by atoms with E-state index in [9.17, 15) is 18.0 Å². The highest BCUT2D eigenvalue weighted by Gasteiger charge is 2.52. The second-order valence-corrected chi connectivity index (χ2v) is 9.74. The predicted octanol–water partition coefficient (Wildman–Crippen LogP) is 5.55. The van der Waals surface area contributed by atoms with Gasteiger partial charge in [-0.2, -0.15) is 13.2 Å². The summed E-state index contributed by atoms with van der Waals surface area (Å²) < 4.78 is 57.4. The van der Waals surface area contributed by atoms with Crippen molar-refractivity contribution in [2.75, 3.05) is 6.54 Å². The number of halogens is 3. The third-order valence-corrected chi connectivity index (χ3v) is 5.31. The molecule has 2 rings (SSSR count). The van der Waals surface area contributed by atoms with Gasteiger partial charge in [-0.3, -0.25) is 0 Å². The third kappa shape index (κ3) is 6.49. The van der Waals surface area contributed by atoms with Gasteiger partial charge in [-0.25, -0.2) is 4.79 Å². The van der Waals surface area contributed by atoms with Crippen molar-refractivity contribution >= 4 is 19.3 Å². The lowest BCUT2D eigenvalue weighted by Crippen LogP contribution is -2.41. The summed E-state index contributed by atoms with van der Waals surface area (Å²) in [7, 11) is -0.837. The van der Waals surface area contributed by atoms with Crippen LogP contribution in [0.15, 0.2) is 23.7 Å². The average Bonchev–Trinajstić information content (AvgIpc) is 2.78. The van der Waals surface area contributed by atoms with Crippen LogP contribution in [-0.4, -0.2) is 36.6 Å². The molecular formula is C22H31BF3NO4. The van der Waals surface area contributed by atoms with E-state index in [0.29, 0.717) is 11.0 Å². The highest BCUT2D eigenvalue weighted by atomic mass is 19.4. The van der Waals surface area contributed by atoms with Crippen LogP contribution in [0.25, 0.3) is 6.08 Å². The maximum atomic E-state index is 13.3. The van der Waals surface area contributed by atoms with Crippen LogP contribution in [0.5, 0.6) is 0 Å². The molecule has 172 valence electrons. The molecule has 1 aromatic carbocycles. The molecule has 1 heterocycles. The molecule has 9 heteroatoms. The topological polar surface area (TPSA) is 56.8 Å². The first kappa shape index (κ1) is 25.3.